The van der Waals surface area contributed by atoms with Crippen molar-refractivity contribution in [2.75, 3.05) is 25.0 Å². The summed E-state index contributed by atoms with van der Waals surface area (Å²) >= 11 is 0. The molecule has 0 spiro atoms. The van der Waals surface area contributed by atoms with E-state index in [2.05, 4.69) is 10.3 Å². The molecule has 3 rings (SSSR count). The number of rotatable bonds is 5. The first kappa shape index (κ1) is 20.9. The maximum absolute atomic E-state index is 12.9. The van der Waals surface area contributed by atoms with Gasteiger partial charge in [0.2, 0.25) is 5.91 Å². The van der Waals surface area contributed by atoms with Gasteiger partial charge in [-0.3, -0.25) is 14.5 Å². The van der Waals surface area contributed by atoms with Crippen molar-refractivity contribution >= 4 is 23.8 Å². The number of pyridine rings is 1. The smallest absolute Gasteiger partial charge is 0.411 e. The zero-order valence-electron chi connectivity index (χ0n) is 17.1. The Labute approximate surface area is 170 Å². The topological polar surface area (TPSA) is 112 Å². The predicted molar refractivity (Wildman–Crippen MR) is 105 cm³/mol. The molecule has 0 aromatic carbocycles. The number of nitrogens with zero attached hydrogens (tertiary/aromatic N) is 3. The Morgan fingerprint density at radius 3 is 2.83 bits per heavy atom. The molecule has 9 nitrogen and oxygen atoms in total. The molecule has 9 heteroatoms. The van der Waals surface area contributed by atoms with Gasteiger partial charge < -0.3 is 20.1 Å². The lowest BCUT2D eigenvalue weighted by molar-refractivity contribution is -0.144. The molecule has 1 unspecified atom stereocenters. The molecule has 0 saturated carbocycles. The van der Waals surface area contributed by atoms with E-state index in [0.29, 0.717) is 12.1 Å². The highest BCUT2D eigenvalue weighted by Crippen LogP contribution is 2.24. The van der Waals surface area contributed by atoms with E-state index in [4.69, 9.17) is 9.84 Å². The Morgan fingerprint density at radius 2 is 2.14 bits per heavy atom. The van der Waals surface area contributed by atoms with E-state index in [0.717, 1.165) is 30.8 Å². The minimum absolute atomic E-state index is 0.112. The third kappa shape index (κ3) is 5.16. The van der Waals surface area contributed by atoms with Crippen molar-refractivity contribution in [3.63, 3.8) is 0 Å². The average Bonchev–Trinajstić information content (AvgIpc) is 2.98. The summed E-state index contributed by atoms with van der Waals surface area (Å²) in [6.45, 7) is 6.16. The molecule has 2 amide bonds. The lowest BCUT2D eigenvalue weighted by atomic mass is 10.1. The molecule has 1 saturated heterocycles. The number of aromatic nitrogens is 1. The van der Waals surface area contributed by atoms with Gasteiger partial charge in [-0.15, -0.1) is 0 Å². The number of aryl methyl sites for hydroxylation is 1. The maximum atomic E-state index is 12.9. The SMILES string of the molecule is CC(C)(C)OC(=O)N(Cc1ccc2c(n1)NCCC2)C1CCN(CC(=O)O)C1=O. The summed E-state index contributed by atoms with van der Waals surface area (Å²) in [6.07, 6.45) is 1.75. The van der Waals surface area contributed by atoms with Gasteiger partial charge in [0.15, 0.2) is 0 Å². The van der Waals surface area contributed by atoms with Gasteiger partial charge in [-0.2, -0.15) is 0 Å². The molecule has 0 aliphatic carbocycles. The van der Waals surface area contributed by atoms with Crippen molar-refractivity contribution in [1.29, 1.82) is 0 Å². The van der Waals surface area contributed by atoms with Gasteiger partial charge in [0.05, 0.1) is 12.2 Å². The highest BCUT2D eigenvalue weighted by molar-refractivity contribution is 5.89. The quantitative estimate of drug-likeness (QED) is 0.770. The van der Waals surface area contributed by atoms with Gasteiger partial charge in [0.1, 0.15) is 24.0 Å². The second-order valence-corrected chi connectivity index (χ2v) is 8.41. The third-order valence-electron chi connectivity index (χ3n) is 4.88. The van der Waals surface area contributed by atoms with E-state index in [1.54, 1.807) is 20.8 Å². The number of nitrogens with one attached hydrogen (secondary N) is 1. The number of hydrogen-bond acceptors (Lipinski definition) is 6. The van der Waals surface area contributed by atoms with Crippen LogP contribution in [-0.4, -0.2) is 69.1 Å². The Bertz CT molecular complexity index is 805. The van der Waals surface area contributed by atoms with Crippen LogP contribution in [0.4, 0.5) is 10.6 Å². The van der Waals surface area contributed by atoms with E-state index in [1.165, 1.54) is 9.80 Å². The highest BCUT2D eigenvalue weighted by atomic mass is 16.6. The first-order chi connectivity index (χ1) is 13.6. The van der Waals surface area contributed by atoms with Crippen LogP contribution in [0.5, 0.6) is 0 Å². The monoisotopic (exact) mass is 404 g/mol. The summed E-state index contributed by atoms with van der Waals surface area (Å²) < 4.78 is 5.52. The molecule has 158 valence electrons. The lowest BCUT2D eigenvalue weighted by Gasteiger charge is -2.31. The van der Waals surface area contributed by atoms with Gasteiger partial charge in [0, 0.05) is 13.1 Å². The van der Waals surface area contributed by atoms with Crippen LogP contribution in [-0.2, 0) is 27.3 Å². The number of hydrogen-bond donors (Lipinski definition) is 2. The maximum Gasteiger partial charge on any atom is 0.411 e. The number of carbonyl (C=O) groups is 3. The molecule has 2 N–H and O–H groups in total. The van der Waals surface area contributed by atoms with Crippen LogP contribution >= 0.6 is 0 Å². The van der Waals surface area contributed by atoms with Crippen molar-refractivity contribution in [2.45, 2.75) is 58.2 Å². The number of amides is 2. The normalized spacial score (nSPS) is 18.8. The zero-order valence-corrected chi connectivity index (χ0v) is 17.1. The summed E-state index contributed by atoms with van der Waals surface area (Å²) in [5.41, 5.74) is 1.06. The van der Waals surface area contributed by atoms with Crippen LogP contribution in [0.1, 0.15) is 44.9 Å². The molecular weight excluding hydrogens is 376 g/mol. The fourth-order valence-corrected chi connectivity index (χ4v) is 3.59. The molecule has 2 aliphatic rings. The van der Waals surface area contributed by atoms with Gasteiger partial charge in [-0.05, 0) is 51.7 Å². The fourth-order valence-electron chi connectivity index (χ4n) is 3.59. The fraction of sp³-hybridized carbons (Fsp3) is 0.600. The number of anilines is 1. The molecule has 3 heterocycles. The average molecular weight is 404 g/mol. The van der Waals surface area contributed by atoms with Crippen LogP contribution in [0.25, 0.3) is 0 Å². The first-order valence-electron chi connectivity index (χ1n) is 9.87. The van der Waals surface area contributed by atoms with E-state index < -0.39 is 23.7 Å². The Morgan fingerprint density at radius 1 is 1.38 bits per heavy atom. The largest absolute Gasteiger partial charge is 0.480 e. The molecular formula is C20H28N4O5. The van der Waals surface area contributed by atoms with Crippen LogP contribution in [0.2, 0.25) is 0 Å². The van der Waals surface area contributed by atoms with Crippen molar-refractivity contribution in [3.8, 4) is 0 Å². The van der Waals surface area contributed by atoms with Crippen molar-refractivity contribution < 1.29 is 24.2 Å². The Hall–Kier alpha value is -2.84. The van der Waals surface area contributed by atoms with Crippen molar-refractivity contribution in [1.82, 2.24) is 14.8 Å². The predicted octanol–water partition coefficient (Wildman–Crippen LogP) is 1.86. The lowest BCUT2D eigenvalue weighted by Crippen LogP contribution is -2.47. The summed E-state index contributed by atoms with van der Waals surface area (Å²) in [5.74, 6) is -0.650. The zero-order chi connectivity index (χ0) is 21.2. The van der Waals surface area contributed by atoms with E-state index in [9.17, 15) is 14.4 Å². The molecule has 1 atom stereocenters. The number of ether oxygens (including phenoxy) is 1. The van der Waals surface area contributed by atoms with Crippen LogP contribution in [0, 0.1) is 0 Å². The first-order valence-corrected chi connectivity index (χ1v) is 9.87. The van der Waals surface area contributed by atoms with Crippen LogP contribution in [0.15, 0.2) is 12.1 Å². The summed E-state index contributed by atoms with van der Waals surface area (Å²) in [5, 5.41) is 12.3. The molecule has 0 bridgehead atoms. The number of carbonyl (C=O) groups excluding carboxylic acids is 2. The number of fused-ring (bicyclic) bond motifs is 1. The molecule has 2 aliphatic heterocycles. The minimum atomic E-state index is -1.08. The standard InChI is InChI=1S/C20H28N4O5/c1-20(2,3)29-19(28)24(15-8-10-23(18(15)27)12-16(25)26)11-14-7-6-13-5-4-9-21-17(13)22-14/h6-7,15H,4-5,8-12H2,1-3H3,(H,21,22)(H,25,26). The van der Waals surface area contributed by atoms with Crippen molar-refractivity contribution in [3.05, 3.63) is 23.4 Å². The summed E-state index contributed by atoms with van der Waals surface area (Å²) in [6, 6.07) is 3.08. The number of carboxylic acids is 1. The van der Waals surface area contributed by atoms with Crippen molar-refractivity contribution in [2.24, 2.45) is 0 Å². The number of aliphatic carboxylic acids is 1. The van der Waals surface area contributed by atoms with Gasteiger partial charge in [-0.1, -0.05) is 6.07 Å². The number of carboxylic acid groups (broad SMARTS) is 1. The second kappa shape index (κ2) is 8.26. The minimum Gasteiger partial charge on any atom is -0.480 e. The molecule has 1 aromatic rings. The van der Waals surface area contributed by atoms with Crippen LogP contribution in [0.3, 0.4) is 0 Å². The Balaban J connectivity index is 1.83. The third-order valence-corrected chi connectivity index (χ3v) is 4.88. The van der Waals surface area contributed by atoms with E-state index in [1.807, 2.05) is 12.1 Å². The van der Waals surface area contributed by atoms with Gasteiger partial charge in [0.25, 0.3) is 0 Å². The molecule has 0 radical (unpaired) electrons. The Kier molecular flexibility index (Phi) is 5.95. The van der Waals surface area contributed by atoms with Gasteiger partial charge >= 0.3 is 12.1 Å². The van der Waals surface area contributed by atoms with Crippen LogP contribution < -0.4 is 5.32 Å². The highest BCUT2D eigenvalue weighted by Gasteiger charge is 2.40. The second-order valence-electron chi connectivity index (χ2n) is 8.41. The van der Waals surface area contributed by atoms with Gasteiger partial charge in [-0.25, -0.2) is 9.78 Å². The number of likely N-dealkylation sites (tertiary alicyclic amines) is 1. The molecule has 1 fully saturated rings. The molecule has 29 heavy (non-hydrogen) atoms. The summed E-state index contributed by atoms with van der Waals surface area (Å²) in [4.78, 5) is 43.9. The van der Waals surface area contributed by atoms with E-state index in [-0.39, 0.29) is 25.5 Å². The molecule has 1 aromatic heterocycles. The van der Waals surface area contributed by atoms with E-state index >= 15 is 0 Å². The summed E-state index contributed by atoms with van der Waals surface area (Å²) in [7, 11) is 0.